The molecule has 47 heavy (non-hydrogen) atoms. The van der Waals surface area contributed by atoms with Crippen LogP contribution in [0.5, 0.6) is 5.88 Å². The summed E-state index contributed by atoms with van der Waals surface area (Å²) in [5.41, 5.74) is 10.9. The topological polar surface area (TPSA) is 239 Å². The zero-order valence-electron chi connectivity index (χ0n) is 25.3. The summed E-state index contributed by atoms with van der Waals surface area (Å²) >= 11 is 0. The minimum Gasteiger partial charge on any atom is -0.476 e. The van der Waals surface area contributed by atoms with E-state index in [9.17, 15) is 9.59 Å². The van der Waals surface area contributed by atoms with E-state index in [4.69, 9.17) is 19.9 Å². The first-order valence-corrected chi connectivity index (χ1v) is 13.6. The van der Waals surface area contributed by atoms with Crippen LogP contribution >= 0.6 is 0 Å². The first kappa shape index (κ1) is 31.6. The van der Waals surface area contributed by atoms with Gasteiger partial charge < -0.3 is 28.9 Å². The first-order chi connectivity index (χ1) is 22.6. The van der Waals surface area contributed by atoms with Gasteiger partial charge in [-0.3, -0.25) is 9.48 Å². The van der Waals surface area contributed by atoms with Crippen LogP contribution in [0.1, 0.15) is 44.0 Å². The van der Waals surface area contributed by atoms with Crippen molar-refractivity contribution in [1.82, 2.24) is 45.1 Å². The van der Waals surface area contributed by atoms with E-state index in [-0.39, 0.29) is 18.0 Å². The van der Waals surface area contributed by atoms with Crippen molar-refractivity contribution in [3.05, 3.63) is 94.8 Å². The van der Waals surface area contributed by atoms with Crippen LogP contribution in [0.25, 0.3) is 33.3 Å². The van der Waals surface area contributed by atoms with Gasteiger partial charge in [-0.15, -0.1) is 10.2 Å². The van der Waals surface area contributed by atoms with Gasteiger partial charge in [0.15, 0.2) is 17.0 Å². The summed E-state index contributed by atoms with van der Waals surface area (Å²) in [6, 6.07) is 12.5. The number of ether oxygens (including phenoxy) is 1. The van der Waals surface area contributed by atoms with Crippen molar-refractivity contribution in [2.75, 3.05) is 0 Å². The molecule has 0 spiro atoms. The van der Waals surface area contributed by atoms with Gasteiger partial charge in [-0.05, 0) is 26.8 Å². The molecule has 18 nitrogen and oxygen atoms in total. The fraction of sp³-hybridized carbons (Fsp3) is 0.172. The molecule has 0 aliphatic rings. The number of hydrogen-bond acceptors (Lipinski definition) is 13. The summed E-state index contributed by atoms with van der Waals surface area (Å²) in [7, 11) is 1.81. The Morgan fingerprint density at radius 2 is 1.64 bits per heavy atom. The smallest absolute Gasteiger partial charge is 0.358 e. The number of aromatic nitrogens is 9. The number of carboxylic acid groups (broad SMARTS) is 1. The number of carbonyl (C=O) groups excluding carboxylic acids is 1. The Morgan fingerprint density at radius 3 is 2.19 bits per heavy atom. The number of Topliss-reactive ketones (excluding diaryl/α,β-unsaturated/α-hetero) is 1. The standard InChI is InChI=1S/C18H15N7O2.C6H5N3O2.C5H5NO3/c1-11-7-15(22-27-11)16-8-19-17-13-5-3-4-6-14(13)18(21-25(16)17)26-10-12-9-24(2)23-20-12;1-4-2-5(9-11-4)6(10)3-8-7;1-3-2-4(5(7)8)6-9-3/h3-9H,10H2,1-2H3;2-3H,1H3;2H,1H3,(H,7,8). The van der Waals surface area contributed by atoms with Gasteiger partial charge in [-0.2, -0.15) is 4.79 Å². The predicted octanol–water partition coefficient (Wildman–Crippen LogP) is 3.70. The second-order valence-corrected chi connectivity index (χ2v) is 9.78. The highest BCUT2D eigenvalue weighted by molar-refractivity contribution is 6.32. The zero-order chi connectivity index (χ0) is 33.5. The van der Waals surface area contributed by atoms with Gasteiger partial charge in [-0.25, -0.2) is 14.3 Å². The molecule has 6 aromatic heterocycles. The number of aryl methyl sites for hydroxylation is 4. The fourth-order valence-corrected chi connectivity index (χ4v) is 4.08. The number of carboxylic acids is 1. The Kier molecular flexibility index (Phi) is 9.33. The molecule has 6 heterocycles. The largest absolute Gasteiger partial charge is 0.476 e. The summed E-state index contributed by atoms with van der Waals surface area (Å²) in [5, 5.41) is 33.5. The highest BCUT2D eigenvalue weighted by atomic mass is 16.5. The van der Waals surface area contributed by atoms with Crippen molar-refractivity contribution in [2.24, 2.45) is 7.05 Å². The van der Waals surface area contributed by atoms with Crippen LogP contribution in [0.3, 0.4) is 0 Å². The Labute approximate surface area is 263 Å². The molecule has 0 aliphatic heterocycles. The number of carbonyl (C=O) groups is 2. The quantitative estimate of drug-likeness (QED) is 0.113. The molecule has 7 aromatic rings. The molecule has 238 valence electrons. The van der Waals surface area contributed by atoms with E-state index in [1.54, 1.807) is 29.2 Å². The highest BCUT2D eigenvalue weighted by Crippen LogP contribution is 2.30. The third kappa shape index (κ3) is 7.47. The van der Waals surface area contributed by atoms with E-state index < -0.39 is 11.8 Å². The fourth-order valence-electron chi connectivity index (χ4n) is 4.08. The maximum Gasteiger partial charge on any atom is 0.358 e. The van der Waals surface area contributed by atoms with Crippen molar-refractivity contribution < 1.29 is 37.8 Å². The molecule has 0 aliphatic carbocycles. The minimum atomic E-state index is -1.06. The van der Waals surface area contributed by atoms with Crippen LogP contribution < -0.4 is 4.74 Å². The lowest BCUT2D eigenvalue weighted by Crippen LogP contribution is -2.03. The number of imidazole rings is 1. The number of benzene rings is 1. The van der Waals surface area contributed by atoms with E-state index in [1.807, 2.05) is 50.5 Å². The van der Waals surface area contributed by atoms with Crippen LogP contribution in [0.15, 0.2) is 68.4 Å². The number of rotatable bonds is 7. The Balaban J connectivity index is 0.000000178. The molecule has 1 aromatic carbocycles. The van der Waals surface area contributed by atoms with Gasteiger partial charge in [0.05, 0.1) is 12.4 Å². The summed E-state index contributed by atoms with van der Waals surface area (Å²) in [6.07, 6.45) is 4.30. The van der Waals surface area contributed by atoms with E-state index in [0.29, 0.717) is 23.1 Å². The van der Waals surface area contributed by atoms with Crippen molar-refractivity contribution >= 4 is 34.4 Å². The third-order valence-corrected chi connectivity index (χ3v) is 6.13. The normalized spacial score (nSPS) is 10.5. The van der Waals surface area contributed by atoms with Gasteiger partial charge in [0.2, 0.25) is 5.88 Å². The van der Waals surface area contributed by atoms with Crippen molar-refractivity contribution in [3.63, 3.8) is 0 Å². The number of aromatic carboxylic acids is 1. The number of nitrogens with zero attached hydrogens (tertiary/aromatic N) is 11. The Bertz CT molecular complexity index is 2230. The number of hydrogen-bond donors (Lipinski definition) is 1. The van der Waals surface area contributed by atoms with E-state index in [2.05, 4.69) is 49.7 Å². The average Bonchev–Trinajstić information content (AvgIpc) is 3.89. The average molecular weight is 640 g/mol. The minimum absolute atomic E-state index is 0.0486. The molecule has 0 fully saturated rings. The molecule has 0 bridgehead atoms. The SMILES string of the molecule is Cc1cc(-c2cnc3c4ccccc4c(OCc4cn(C)nn4)nn23)no1.Cc1cc(C(=O)C=[N+]=[N-])no1.Cc1cc(C(=O)O)no1. The monoisotopic (exact) mass is 639 g/mol. The molecule has 0 unspecified atom stereocenters. The maximum atomic E-state index is 10.8. The number of fused-ring (bicyclic) bond motifs is 3. The van der Waals surface area contributed by atoms with Crippen LogP contribution in [0.4, 0.5) is 0 Å². The summed E-state index contributed by atoms with van der Waals surface area (Å²) in [5.74, 6) is 0.714. The van der Waals surface area contributed by atoms with E-state index >= 15 is 0 Å². The van der Waals surface area contributed by atoms with E-state index in [0.717, 1.165) is 39.8 Å². The van der Waals surface area contributed by atoms with Crippen molar-refractivity contribution in [1.29, 1.82) is 0 Å². The lowest BCUT2D eigenvalue weighted by molar-refractivity contribution is 0.00225. The molecule has 0 atom stereocenters. The molecule has 7 rings (SSSR count). The number of ketones is 1. The molecule has 1 N–H and O–H groups in total. The van der Waals surface area contributed by atoms with Crippen LogP contribution in [0.2, 0.25) is 0 Å². The molecular weight excluding hydrogens is 614 g/mol. The van der Waals surface area contributed by atoms with E-state index in [1.165, 1.54) is 12.1 Å². The van der Waals surface area contributed by atoms with Gasteiger partial charge >= 0.3 is 12.2 Å². The second-order valence-electron chi connectivity index (χ2n) is 9.78. The Hall–Kier alpha value is -6.81. The van der Waals surface area contributed by atoms with Crippen molar-refractivity contribution in [2.45, 2.75) is 27.4 Å². The molecule has 0 saturated heterocycles. The maximum absolute atomic E-state index is 10.8. The summed E-state index contributed by atoms with van der Waals surface area (Å²) in [6.45, 7) is 5.42. The van der Waals surface area contributed by atoms with Crippen LogP contribution in [0, 0.1) is 20.8 Å². The third-order valence-electron chi connectivity index (χ3n) is 6.13. The molecule has 18 heteroatoms. The molecular formula is C29H25N11O7. The van der Waals surface area contributed by atoms with Crippen LogP contribution in [-0.2, 0) is 13.7 Å². The van der Waals surface area contributed by atoms with Crippen molar-refractivity contribution in [3.8, 4) is 17.3 Å². The zero-order valence-corrected chi connectivity index (χ0v) is 25.3. The molecule has 0 amide bonds. The lowest BCUT2D eigenvalue weighted by Gasteiger charge is -2.09. The molecule has 0 saturated carbocycles. The second kappa shape index (κ2) is 13.9. The van der Waals surface area contributed by atoms with Gasteiger partial charge in [-0.1, -0.05) is 38.9 Å². The lowest BCUT2D eigenvalue weighted by atomic mass is 10.2. The summed E-state index contributed by atoms with van der Waals surface area (Å²) in [4.78, 5) is 28.0. The van der Waals surface area contributed by atoms with Gasteiger partial charge in [0, 0.05) is 36.0 Å². The highest BCUT2D eigenvalue weighted by Gasteiger charge is 2.17. The Morgan fingerprint density at radius 1 is 0.979 bits per heavy atom. The van der Waals surface area contributed by atoms with Gasteiger partial charge in [0.1, 0.15) is 41.0 Å². The molecule has 0 radical (unpaired) electrons. The summed E-state index contributed by atoms with van der Waals surface area (Å²) < 4.78 is 23.6. The first-order valence-electron chi connectivity index (χ1n) is 13.6. The van der Waals surface area contributed by atoms with Crippen LogP contribution in [-0.4, -0.2) is 72.9 Å². The predicted molar refractivity (Wildman–Crippen MR) is 160 cm³/mol. The van der Waals surface area contributed by atoms with Gasteiger partial charge in [0.25, 0.3) is 5.78 Å².